The molecule has 114 valence electrons. The van der Waals surface area contributed by atoms with E-state index < -0.39 is 0 Å². The Hall–Kier alpha value is -1.03. The third kappa shape index (κ3) is 3.98. The Bertz CT molecular complexity index is 338. The highest BCUT2D eigenvalue weighted by Crippen LogP contribution is 2.29. The van der Waals surface area contributed by atoms with E-state index in [1.807, 2.05) is 18.7 Å². The zero-order valence-corrected chi connectivity index (χ0v) is 12.9. The number of amides is 1. The molecule has 1 saturated carbocycles. The standard InChI is InChI=1S/C16H28N2O2/c1-12(2)20-16(19)18(15-8-10-17-11-9-15)14-6-4-13(3)5-7-14/h12,14-15,17H,3-11H2,1-2H3. The van der Waals surface area contributed by atoms with Gasteiger partial charge in [0, 0.05) is 12.1 Å². The van der Waals surface area contributed by atoms with Gasteiger partial charge in [-0.05, 0) is 65.5 Å². The molecule has 0 spiro atoms. The Kier molecular flexibility index (Phi) is 5.46. The largest absolute Gasteiger partial charge is 0.447 e. The number of nitrogens with zero attached hydrogens (tertiary/aromatic N) is 1. The van der Waals surface area contributed by atoms with Crippen LogP contribution >= 0.6 is 0 Å². The highest BCUT2D eigenvalue weighted by atomic mass is 16.6. The zero-order chi connectivity index (χ0) is 14.5. The van der Waals surface area contributed by atoms with Crippen LogP contribution in [-0.4, -0.2) is 42.3 Å². The fourth-order valence-electron chi connectivity index (χ4n) is 3.23. The second kappa shape index (κ2) is 7.11. The van der Waals surface area contributed by atoms with Crippen molar-refractivity contribution in [2.45, 2.75) is 70.6 Å². The van der Waals surface area contributed by atoms with Gasteiger partial charge in [0.1, 0.15) is 0 Å². The average Bonchev–Trinajstić information content (AvgIpc) is 2.42. The summed E-state index contributed by atoms with van der Waals surface area (Å²) < 4.78 is 5.49. The highest BCUT2D eigenvalue weighted by Gasteiger charge is 2.34. The molecule has 2 aliphatic rings. The first-order chi connectivity index (χ1) is 9.58. The maximum absolute atomic E-state index is 12.5. The number of hydrogen-bond donors (Lipinski definition) is 1. The molecule has 1 aliphatic carbocycles. The lowest BCUT2D eigenvalue weighted by molar-refractivity contribution is 0.0339. The van der Waals surface area contributed by atoms with E-state index >= 15 is 0 Å². The van der Waals surface area contributed by atoms with Gasteiger partial charge in [0.15, 0.2) is 0 Å². The molecular formula is C16H28N2O2. The predicted molar refractivity (Wildman–Crippen MR) is 80.7 cm³/mol. The number of nitrogens with one attached hydrogen (secondary N) is 1. The van der Waals surface area contributed by atoms with Gasteiger partial charge in [-0.15, -0.1) is 0 Å². The highest BCUT2D eigenvalue weighted by molar-refractivity contribution is 5.68. The summed E-state index contributed by atoms with van der Waals surface area (Å²) in [7, 11) is 0. The molecule has 0 bridgehead atoms. The van der Waals surface area contributed by atoms with E-state index in [0.29, 0.717) is 12.1 Å². The normalized spacial score (nSPS) is 22.1. The molecule has 4 nitrogen and oxygen atoms in total. The number of carbonyl (C=O) groups is 1. The molecule has 0 aromatic heterocycles. The smallest absolute Gasteiger partial charge is 0.410 e. The van der Waals surface area contributed by atoms with Gasteiger partial charge in [0.2, 0.25) is 0 Å². The zero-order valence-electron chi connectivity index (χ0n) is 12.9. The molecule has 1 amide bonds. The molecule has 1 N–H and O–H groups in total. The van der Waals surface area contributed by atoms with Crippen LogP contribution in [0, 0.1) is 0 Å². The van der Waals surface area contributed by atoms with Crippen LogP contribution in [-0.2, 0) is 4.74 Å². The summed E-state index contributed by atoms with van der Waals surface area (Å²) in [6.07, 6.45) is 6.05. The van der Waals surface area contributed by atoms with Crippen molar-refractivity contribution in [2.24, 2.45) is 0 Å². The van der Waals surface area contributed by atoms with Crippen LogP contribution in [0.2, 0.25) is 0 Å². The summed E-state index contributed by atoms with van der Waals surface area (Å²) in [6, 6.07) is 0.661. The quantitative estimate of drug-likeness (QED) is 0.808. The summed E-state index contributed by atoms with van der Waals surface area (Å²) in [5.74, 6) is 0. The Labute approximate surface area is 122 Å². The molecule has 2 fully saturated rings. The minimum atomic E-state index is -0.121. The van der Waals surface area contributed by atoms with Gasteiger partial charge in [-0.2, -0.15) is 0 Å². The number of piperidine rings is 1. The molecule has 1 aliphatic heterocycles. The Morgan fingerprint density at radius 2 is 1.75 bits per heavy atom. The van der Waals surface area contributed by atoms with Crippen molar-refractivity contribution in [1.82, 2.24) is 10.2 Å². The summed E-state index contributed by atoms with van der Waals surface area (Å²) in [6.45, 7) is 9.90. The first kappa shape index (κ1) is 15.4. The van der Waals surface area contributed by atoms with Gasteiger partial charge in [0.25, 0.3) is 0 Å². The van der Waals surface area contributed by atoms with E-state index in [-0.39, 0.29) is 12.2 Å². The topological polar surface area (TPSA) is 41.6 Å². The van der Waals surface area contributed by atoms with E-state index in [2.05, 4.69) is 11.9 Å². The summed E-state index contributed by atoms with van der Waals surface area (Å²) in [5, 5.41) is 3.37. The number of rotatable bonds is 3. The second-order valence-corrected chi connectivity index (χ2v) is 6.30. The molecule has 2 rings (SSSR count). The first-order valence-electron chi connectivity index (χ1n) is 7.94. The van der Waals surface area contributed by atoms with Crippen LogP contribution in [0.4, 0.5) is 4.79 Å². The SMILES string of the molecule is C=C1CCC(N(C(=O)OC(C)C)C2CCNCC2)CC1. The number of ether oxygens (including phenoxy) is 1. The van der Waals surface area contributed by atoms with Gasteiger partial charge in [-0.25, -0.2) is 4.79 Å². The van der Waals surface area contributed by atoms with E-state index in [1.54, 1.807) is 0 Å². The van der Waals surface area contributed by atoms with E-state index in [9.17, 15) is 4.79 Å². The molecule has 4 heteroatoms. The Morgan fingerprint density at radius 1 is 1.20 bits per heavy atom. The lowest BCUT2D eigenvalue weighted by atomic mass is 9.89. The summed E-state index contributed by atoms with van der Waals surface area (Å²) >= 11 is 0. The number of allylic oxidation sites excluding steroid dienone is 1. The minimum Gasteiger partial charge on any atom is -0.447 e. The first-order valence-corrected chi connectivity index (χ1v) is 7.94. The maximum Gasteiger partial charge on any atom is 0.410 e. The fraction of sp³-hybridized carbons (Fsp3) is 0.812. The summed E-state index contributed by atoms with van der Waals surface area (Å²) in [4.78, 5) is 14.5. The van der Waals surface area contributed by atoms with E-state index in [1.165, 1.54) is 5.57 Å². The lowest BCUT2D eigenvalue weighted by Crippen LogP contribution is -2.52. The molecule has 0 atom stereocenters. The maximum atomic E-state index is 12.5. The van der Waals surface area contributed by atoms with Crippen LogP contribution in [0.15, 0.2) is 12.2 Å². The fourth-order valence-corrected chi connectivity index (χ4v) is 3.23. The van der Waals surface area contributed by atoms with Gasteiger partial charge >= 0.3 is 6.09 Å². The molecule has 1 heterocycles. The van der Waals surface area contributed by atoms with Gasteiger partial charge in [-0.1, -0.05) is 12.2 Å². The average molecular weight is 280 g/mol. The van der Waals surface area contributed by atoms with Crippen LogP contribution in [0.3, 0.4) is 0 Å². The van der Waals surface area contributed by atoms with Crippen molar-refractivity contribution >= 4 is 6.09 Å². The second-order valence-electron chi connectivity index (χ2n) is 6.30. The third-order valence-corrected chi connectivity index (χ3v) is 4.31. The predicted octanol–water partition coefficient (Wildman–Crippen LogP) is 3.08. The van der Waals surface area contributed by atoms with Crippen molar-refractivity contribution in [3.8, 4) is 0 Å². The molecule has 1 saturated heterocycles. The van der Waals surface area contributed by atoms with Gasteiger partial charge in [-0.3, -0.25) is 0 Å². The molecule has 0 aromatic carbocycles. The van der Waals surface area contributed by atoms with Crippen molar-refractivity contribution in [2.75, 3.05) is 13.1 Å². The van der Waals surface area contributed by atoms with E-state index in [4.69, 9.17) is 4.74 Å². The monoisotopic (exact) mass is 280 g/mol. The van der Waals surface area contributed by atoms with E-state index in [0.717, 1.165) is 51.6 Å². The molecular weight excluding hydrogens is 252 g/mol. The van der Waals surface area contributed by atoms with Crippen LogP contribution in [0.25, 0.3) is 0 Å². The Balaban J connectivity index is 2.05. The lowest BCUT2D eigenvalue weighted by Gasteiger charge is -2.41. The van der Waals surface area contributed by atoms with Crippen molar-refractivity contribution < 1.29 is 9.53 Å². The minimum absolute atomic E-state index is 0.0507. The van der Waals surface area contributed by atoms with Crippen molar-refractivity contribution in [3.63, 3.8) is 0 Å². The van der Waals surface area contributed by atoms with Crippen LogP contribution < -0.4 is 5.32 Å². The van der Waals surface area contributed by atoms with Crippen molar-refractivity contribution in [1.29, 1.82) is 0 Å². The molecule has 0 unspecified atom stereocenters. The molecule has 20 heavy (non-hydrogen) atoms. The van der Waals surface area contributed by atoms with Crippen LogP contribution in [0.5, 0.6) is 0 Å². The van der Waals surface area contributed by atoms with Crippen molar-refractivity contribution in [3.05, 3.63) is 12.2 Å². The Morgan fingerprint density at radius 3 is 2.30 bits per heavy atom. The van der Waals surface area contributed by atoms with Gasteiger partial charge in [0.05, 0.1) is 6.10 Å². The number of hydrogen-bond acceptors (Lipinski definition) is 3. The molecule has 0 aromatic rings. The third-order valence-electron chi connectivity index (χ3n) is 4.31. The number of carbonyl (C=O) groups excluding carboxylic acids is 1. The molecule has 0 radical (unpaired) electrons. The van der Waals surface area contributed by atoms with Crippen LogP contribution in [0.1, 0.15) is 52.4 Å². The van der Waals surface area contributed by atoms with Gasteiger partial charge < -0.3 is 15.0 Å². The summed E-state index contributed by atoms with van der Waals surface area (Å²) in [5.41, 5.74) is 1.32.